The van der Waals surface area contributed by atoms with Gasteiger partial charge in [-0.15, -0.1) is 0 Å². The van der Waals surface area contributed by atoms with E-state index in [4.69, 9.17) is 9.72 Å². The van der Waals surface area contributed by atoms with Crippen LogP contribution in [0.2, 0.25) is 0 Å². The molecule has 1 saturated heterocycles. The Morgan fingerprint density at radius 1 is 1.14 bits per heavy atom. The fourth-order valence-corrected chi connectivity index (χ4v) is 3.67. The maximum Gasteiger partial charge on any atom is 0.116 e. The summed E-state index contributed by atoms with van der Waals surface area (Å²) >= 11 is 0. The number of benzene rings is 2. The van der Waals surface area contributed by atoms with Crippen molar-refractivity contribution in [3.8, 4) is 11.3 Å². The van der Waals surface area contributed by atoms with Crippen molar-refractivity contribution in [1.82, 2.24) is 4.98 Å². The van der Waals surface area contributed by atoms with Gasteiger partial charge in [-0.3, -0.25) is 0 Å². The molecule has 1 fully saturated rings. The van der Waals surface area contributed by atoms with Gasteiger partial charge in [-0.1, -0.05) is 36.4 Å². The fourth-order valence-electron chi connectivity index (χ4n) is 3.67. The van der Waals surface area contributed by atoms with E-state index >= 15 is 0 Å². The van der Waals surface area contributed by atoms with Crippen LogP contribution < -0.4 is 0 Å². The highest BCUT2D eigenvalue weighted by molar-refractivity contribution is 5.89. The molecule has 108 valence electrons. The van der Waals surface area contributed by atoms with Crippen molar-refractivity contribution >= 4 is 10.9 Å². The minimum atomic E-state index is 0.0398. The van der Waals surface area contributed by atoms with Crippen LogP contribution in [0.25, 0.3) is 22.2 Å². The van der Waals surface area contributed by atoms with Gasteiger partial charge >= 0.3 is 0 Å². The van der Waals surface area contributed by atoms with Crippen LogP contribution in [0.3, 0.4) is 0 Å². The summed E-state index contributed by atoms with van der Waals surface area (Å²) in [5, 5.41) is 10.5. The lowest BCUT2D eigenvalue weighted by Crippen LogP contribution is -2.05. The number of fused-ring (bicyclic) bond motifs is 7. The Morgan fingerprint density at radius 3 is 2.86 bits per heavy atom. The number of rotatable bonds is 1. The first-order valence-electron chi connectivity index (χ1n) is 7.56. The summed E-state index contributed by atoms with van der Waals surface area (Å²) < 4.78 is 5.93. The third-order valence-electron chi connectivity index (χ3n) is 4.84. The maximum absolute atomic E-state index is 9.36. The zero-order valence-electron chi connectivity index (χ0n) is 12.2. The van der Waals surface area contributed by atoms with E-state index in [2.05, 4.69) is 37.3 Å². The van der Waals surface area contributed by atoms with Gasteiger partial charge in [0.25, 0.3) is 0 Å². The fraction of sp³-hybridized carbons (Fsp3) is 0.211. The van der Waals surface area contributed by atoms with Crippen molar-refractivity contribution in [3.05, 3.63) is 64.7 Å². The molecule has 1 aliphatic carbocycles. The molecule has 5 rings (SSSR count). The second kappa shape index (κ2) is 4.15. The molecular formula is C19H15NO2. The van der Waals surface area contributed by atoms with E-state index in [0.29, 0.717) is 0 Å². The normalized spacial score (nSPS) is 21.2. The third kappa shape index (κ3) is 1.50. The average molecular weight is 289 g/mol. The van der Waals surface area contributed by atoms with Crippen molar-refractivity contribution in [1.29, 1.82) is 0 Å². The van der Waals surface area contributed by atoms with Gasteiger partial charge in [0.2, 0.25) is 0 Å². The monoisotopic (exact) mass is 289 g/mol. The van der Waals surface area contributed by atoms with Gasteiger partial charge in [0.15, 0.2) is 0 Å². The smallest absolute Gasteiger partial charge is 0.116 e. The minimum Gasteiger partial charge on any atom is -0.392 e. The lowest BCUT2D eigenvalue weighted by atomic mass is 9.85. The van der Waals surface area contributed by atoms with Crippen molar-refractivity contribution in [2.45, 2.75) is 25.7 Å². The summed E-state index contributed by atoms with van der Waals surface area (Å²) in [4.78, 5) is 4.91. The predicted octanol–water partition coefficient (Wildman–Crippen LogP) is 3.83. The van der Waals surface area contributed by atoms with Crippen LogP contribution in [0.4, 0.5) is 0 Å². The molecular weight excluding hydrogens is 274 g/mol. The Morgan fingerprint density at radius 2 is 2.00 bits per heavy atom. The zero-order valence-corrected chi connectivity index (χ0v) is 12.2. The summed E-state index contributed by atoms with van der Waals surface area (Å²) in [6.07, 6.45) is 0.345. The number of aryl methyl sites for hydroxylation is 1. The second-order valence-electron chi connectivity index (χ2n) is 6.07. The second-order valence-corrected chi connectivity index (χ2v) is 6.07. The number of aliphatic hydroxyl groups is 1. The number of ether oxygens (including phenoxy) is 1. The number of aliphatic hydroxyl groups excluding tert-OH is 1. The van der Waals surface area contributed by atoms with E-state index in [1.54, 1.807) is 0 Å². The molecule has 22 heavy (non-hydrogen) atoms. The number of hydrogen-bond donors (Lipinski definition) is 1. The molecule has 0 bridgehead atoms. The van der Waals surface area contributed by atoms with Gasteiger partial charge in [0.1, 0.15) is 12.2 Å². The standard InChI is InChI=1S/C19H15NO2/c1-10-12-7-6-11(9-21)8-15(12)20-17-13-4-2-3-5-14(13)18-19(22-18)16(10)17/h2-8,18-19,21H,9H2,1H3. The molecule has 1 aromatic heterocycles. The van der Waals surface area contributed by atoms with Crippen LogP contribution in [0, 0.1) is 6.92 Å². The highest BCUT2D eigenvalue weighted by Crippen LogP contribution is 2.60. The highest BCUT2D eigenvalue weighted by atomic mass is 16.6. The molecule has 1 aliphatic heterocycles. The number of hydrogen-bond acceptors (Lipinski definition) is 3. The molecule has 2 unspecified atom stereocenters. The Kier molecular flexibility index (Phi) is 2.33. The van der Waals surface area contributed by atoms with Gasteiger partial charge in [0, 0.05) is 16.5 Å². The molecule has 2 aromatic carbocycles. The van der Waals surface area contributed by atoms with Crippen LogP contribution in [-0.2, 0) is 11.3 Å². The predicted molar refractivity (Wildman–Crippen MR) is 84.4 cm³/mol. The summed E-state index contributed by atoms with van der Waals surface area (Å²) in [7, 11) is 0. The van der Waals surface area contributed by atoms with Gasteiger partial charge in [-0.25, -0.2) is 4.98 Å². The lowest BCUT2D eigenvalue weighted by molar-refractivity contribution is 0.282. The van der Waals surface area contributed by atoms with E-state index in [9.17, 15) is 5.11 Å². The van der Waals surface area contributed by atoms with Crippen molar-refractivity contribution in [2.75, 3.05) is 0 Å². The largest absolute Gasteiger partial charge is 0.392 e. The summed E-state index contributed by atoms with van der Waals surface area (Å²) in [5.41, 5.74) is 7.76. The molecule has 0 spiro atoms. The lowest BCUT2D eigenvalue weighted by Gasteiger charge is -2.19. The van der Waals surface area contributed by atoms with Crippen LogP contribution >= 0.6 is 0 Å². The number of nitrogens with zero attached hydrogens (tertiary/aromatic N) is 1. The first-order chi connectivity index (χ1) is 10.8. The van der Waals surface area contributed by atoms with Crippen LogP contribution in [0.1, 0.15) is 34.5 Å². The highest BCUT2D eigenvalue weighted by Gasteiger charge is 2.49. The molecule has 3 heteroatoms. The molecule has 1 N–H and O–H groups in total. The zero-order chi connectivity index (χ0) is 14.8. The van der Waals surface area contributed by atoms with E-state index in [1.165, 1.54) is 22.3 Å². The van der Waals surface area contributed by atoms with E-state index in [0.717, 1.165) is 22.2 Å². The Bertz CT molecular complexity index is 932. The first kappa shape index (κ1) is 12.3. The van der Waals surface area contributed by atoms with E-state index in [-0.39, 0.29) is 18.8 Å². The number of epoxide rings is 1. The number of aromatic nitrogens is 1. The van der Waals surface area contributed by atoms with Gasteiger partial charge in [-0.05, 0) is 29.7 Å². The third-order valence-corrected chi connectivity index (χ3v) is 4.84. The molecule has 0 amide bonds. The van der Waals surface area contributed by atoms with Gasteiger partial charge in [0.05, 0.1) is 17.8 Å². The molecule has 2 atom stereocenters. The molecule has 0 saturated carbocycles. The van der Waals surface area contributed by atoms with Gasteiger partial charge in [-0.2, -0.15) is 0 Å². The van der Waals surface area contributed by atoms with Crippen LogP contribution in [-0.4, -0.2) is 10.1 Å². The van der Waals surface area contributed by atoms with Crippen molar-refractivity contribution in [2.24, 2.45) is 0 Å². The molecule has 2 aliphatic rings. The first-order valence-corrected chi connectivity index (χ1v) is 7.56. The summed E-state index contributed by atoms with van der Waals surface area (Å²) in [5.74, 6) is 0. The molecule has 2 heterocycles. The maximum atomic E-state index is 9.36. The molecule has 3 aromatic rings. The molecule has 0 radical (unpaired) electrons. The quantitative estimate of drug-likeness (QED) is 0.692. The van der Waals surface area contributed by atoms with Gasteiger partial charge < -0.3 is 9.84 Å². The summed E-state index contributed by atoms with van der Waals surface area (Å²) in [6, 6.07) is 14.4. The molecule has 3 nitrogen and oxygen atoms in total. The van der Waals surface area contributed by atoms with Crippen molar-refractivity contribution in [3.63, 3.8) is 0 Å². The van der Waals surface area contributed by atoms with E-state index in [1.807, 2.05) is 12.1 Å². The number of pyridine rings is 1. The Labute approximate surface area is 128 Å². The van der Waals surface area contributed by atoms with Crippen molar-refractivity contribution < 1.29 is 9.84 Å². The van der Waals surface area contributed by atoms with Crippen LogP contribution in [0.15, 0.2) is 42.5 Å². The minimum absolute atomic E-state index is 0.0398. The van der Waals surface area contributed by atoms with Crippen LogP contribution in [0.5, 0.6) is 0 Å². The average Bonchev–Trinajstić information content (AvgIpc) is 3.35. The SMILES string of the molecule is Cc1c2c(nc3cc(CO)ccc13)-c1ccccc1C1OC21. The topological polar surface area (TPSA) is 45.7 Å². The summed E-state index contributed by atoms with van der Waals surface area (Å²) in [6.45, 7) is 2.19. The van der Waals surface area contributed by atoms with E-state index < -0.39 is 0 Å². The Hall–Kier alpha value is -2.23. The Balaban J connectivity index is 1.88.